The van der Waals surface area contributed by atoms with E-state index < -0.39 is 0 Å². The molecule has 0 atom stereocenters. The van der Waals surface area contributed by atoms with Crippen LogP contribution in [0.3, 0.4) is 0 Å². The van der Waals surface area contributed by atoms with Crippen molar-refractivity contribution in [2.75, 3.05) is 18.1 Å². The molecule has 4 nitrogen and oxygen atoms in total. The Morgan fingerprint density at radius 3 is 2.59 bits per heavy atom. The van der Waals surface area contributed by atoms with Crippen LogP contribution in [0.1, 0.15) is 15.9 Å². The third-order valence-corrected chi connectivity index (χ3v) is 4.26. The molecular weight excluding hydrogens is 296 g/mol. The van der Waals surface area contributed by atoms with Crippen molar-refractivity contribution in [3.63, 3.8) is 0 Å². The molecule has 0 saturated heterocycles. The van der Waals surface area contributed by atoms with E-state index in [0.717, 1.165) is 10.5 Å². The summed E-state index contributed by atoms with van der Waals surface area (Å²) >= 11 is 1.50. The Morgan fingerprint density at radius 2 is 1.86 bits per heavy atom. The van der Waals surface area contributed by atoms with Crippen molar-refractivity contribution >= 4 is 29.3 Å². The van der Waals surface area contributed by atoms with Crippen LogP contribution in [0, 0.1) is 6.92 Å². The summed E-state index contributed by atoms with van der Waals surface area (Å²) < 4.78 is 0. The van der Waals surface area contributed by atoms with Crippen molar-refractivity contribution in [3.8, 4) is 0 Å². The van der Waals surface area contributed by atoms with E-state index in [0.29, 0.717) is 17.0 Å². The highest BCUT2D eigenvalue weighted by molar-refractivity contribution is 8.00. The highest BCUT2D eigenvalue weighted by Gasteiger charge is 2.07. The van der Waals surface area contributed by atoms with Gasteiger partial charge in [0.2, 0.25) is 5.91 Å². The largest absolute Gasteiger partial charge is 0.355 e. The minimum Gasteiger partial charge on any atom is -0.355 e. The van der Waals surface area contributed by atoms with E-state index in [9.17, 15) is 9.59 Å². The zero-order chi connectivity index (χ0) is 15.9. The first-order valence-electron chi connectivity index (χ1n) is 6.90. The molecule has 0 radical (unpaired) electrons. The maximum absolute atomic E-state index is 12.0. The standard InChI is InChI=1S/C17H18N2O2S/c1-12-6-3-4-9-15(12)22-11-16(20)19-14-8-5-7-13(10-14)17(21)18-2/h3-10H,11H2,1-2H3,(H,18,21)(H,19,20). The van der Waals surface area contributed by atoms with E-state index in [1.54, 1.807) is 31.3 Å². The number of nitrogens with one attached hydrogen (secondary N) is 2. The Hall–Kier alpha value is -2.27. The Labute approximate surface area is 134 Å². The second kappa shape index (κ2) is 7.66. The van der Waals surface area contributed by atoms with Gasteiger partial charge in [-0.25, -0.2) is 0 Å². The minimum atomic E-state index is -0.176. The lowest BCUT2D eigenvalue weighted by Crippen LogP contribution is -2.19. The molecule has 0 aromatic heterocycles. The number of anilines is 1. The van der Waals surface area contributed by atoms with Crippen molar-refractivity contribution in [2.45, 2.75) is 11.8 Å². The molecule has 0 heterocycles. The van der Waals surface area contributed by atoms with Gasteiger partial charge in [-0.1, -0.05) is 24.3 Å². The third-order valence-electron chi connectivity index (χ3n) is 3.09. The number of aryl methyl sites for hydroxylation is 1. The first-order valence-corrected chi connectivity index (χ1v) is 7.89. The fourth-order valence-corrected chi connectivity index (χ4v) is 2.77. The van der Waals surface area contributed by atoms with Crippen LogP contribution in [-0.4, -0.2) is 24.6 Å². The Bertz CT molecular complexity index is 686. The number of carbonyl (C=O) groups is 2. The quantitative estimate of drug-likeness (QED) is 0.834. The average molecular weight is 314 g/mol. The average Bonchev–Trinajstić information content (AvgIpc) is 2.53. The van der Waals surface area contributed by atoms with Crippen molar-refractivity contribution < 1.29 is 9.59 Å². The van der Waals surface area contributed by atoms with E-state index in [-0.39, 0.29) is 11.8 Å². The molecule has 0 unspecified atom stereocenters. The zero-order valence-electron chi connectivity index (χ0n) is 12.6. The molecule has 2 aromatic rings. The van der Waals surface area contributed by atoms with Crippen LogP contribution in [0.15, 0.2) is 53.4 Å². The summed E-state index contributed by atoms with van der Waals surface area (Å²) in [5.41, 5.74) is 2.30. The molecule has 0 aliphatic heterocycles. The topological polar surface area (TPSA) is 58.2 Å². The third kappa shape index (κ3) is 4.36. The SMILES string of the molecule is CNC(=O)c1cccc(NC(=O)CSc2ccccc2C)c1. The molecule has 0 bridgehead atoms. The monoisotopic (exact) mass is 314 g/mol. The molecule has 2 rings (SSSR count). The van der Waals surface area contributed by atoms with Crippen LogP contribution in [0.2, 0.25) is 0 Å². The highest BCUT2D eigenvalue weighted by Crippen LogP contribution is 2.22. The van der Waals surface area contributed by atoms with Crippen LogP contribution in [0.4, 0.5) is 5.69 Å². The maximum atomic E-state index is 12.0. The normalized spacial score (nSPS) is 10.1. The van der Waals surface area contributed by atoms with Crippen molar-refractivity contribution in [1.29, 1.82) is 0 Å². The van der Waals surface area contributed by atoms with Crippen molar-refractivity contribution in [1.82, 2.24) is 5.32 Å². The van der Waals surface area contributed by atoms with E-state index in [2.05, 4.69) is 10.6 Å². The molecule has 0 aliphatic rings. The van der Waals surface area contributed by atoms with Gasteiger partial charge in [0.15, 0.2) is 0 Å². The van der Waals surface area contributed by atoms with Gasteiger partial charge >= 0.3 is 0 Å². The van der Waals surface area contributed by atoms with E-state index in [1.807, 2.05) is 31.2 Å². The minimum absolute atomic E-state index is 0.0951. The number of amides is 2. The lowest BCUT2D eigenvalue weighted by atomic mass is 10.2. The molecule has 114 valence electrons. The summed E-state index contributed by atoms with van der Waals surface area (Å²) in [6.45, 7) is 2.02. The second-order valence-corrected chi connectivity index (χ2v) is 5.78. The summed E-state index contributed by atoms with van der Waals surface area (Å²) in [6.07, 6.45) is 0. The summed E-state index contributed by atoms with van der Waals surface area (Å²) in [6, 6.07) is 14.8. The van der Waals surface area contributed by atoms with Gasteiger partial charge in [-0.05, 0) is 36.8 Å². The van der Waals surface area contributed by atoms with E-state index >= 15 is 0 Å². The number of hydrogen-bond acceptors (Lipinski definition) is 3. The highest BCUT2D eigenvalue weighted by atomic mass is 32.2. The molecule has 2 aromatic carbocycles. The van der Waals surface area contributed by atoms with Gasteiger partial charge in [0.25, 0.3) is 5.91 Å². The van der Waals surface area contributed by atoms with Crippen LogP contribution in [0.5, 0.6) is 0 Å². The Balaban J connectivity index is 1.95. The molecule has 0 spiro atoms. The van der Waals surface area contributed by atoms with E-state index in [1.165, 1.54) is 11.8 Å². The summed E-state index contributed by atoms with van der Waals surface area (Å²) in [5, 5.41) is 5.37. The van der Waals surface area contributed by atoms with Gasteiger partial charge in [-0.3, -0.25) is 9.59 Å². The molecule has 0 fully saturated rings. The van der Waals surface area contributed by atoms with Gasteiger partial charge in [-0.2, -0.15) is 0 Å². The van der Waals surface area contributed by atoms with Gasteiger partial charge in [0.1, 0.15) is 0 Å². The molecule has 2 amide bonds. The van der Waals surface area contributed by atoms with Gasteiger partial charge in [0, 0.05) is 23.2 Å². The molecule has 5 heteroatoms. The molecule has 0 saturated carbocycles. The van der Waals surface area contributed by atoms with Crippen LogP contribution < -0.4 is 10.6 Å². The number of hydrogen-bond donors (Lipinski definition) is 2. The Morgan fingerprint density at radius 1 is 1.09 bits per heavy atom. The number of carbonyl (C=O) groups excluding carboxylic acids is 2. The Kier molecular flexibility index (Phi) is 5.61. The van der Waals surface area contributed by atoms with Gasteiger partial charge in [-0.15, -0.1) is 11.8 Å². The van der Waals surface area contributed by atoms with E-state index in [4.69, 9.17) is 0 Å². The molecule has 0 aliphatic carbocycles. The van der Waals surface area contributed by atoms with Crippen LogP contribution >= 0.6 is 11.8 Å². The fraction of sp³-hybridized carbons (Fsp3) is 0.176. The maximum Gasteiger partial charge on any atom is 0.251 e. The summed E-state index contributed by atoms with van der Waals surface area (Å²) in [7, 11) is 1.58. The van der Waals surface area contributed by atoms with Gasteiger partial charge in [0.05, 0.1) is 5.75 Å². The van der Waals surface area contributed by atoms with Gasteiger partial charge < -0.3 is 10.6 Å². The predicted octanol–water partition coefficient (Wildman–Crippen LogP) is 3.09. The zero-order valence-corrected chi connectivity index (χ0v) is 13.4. The summed E-state index contributed by atoms with van der Waals surface area (Å²) in [4.78, 5) is 24.7. The molecule has 22 heavy (non-hydrogen) atoms. The van der Waals surface area contributed by atoms with Crippen molar-refractivity contribution in [2.24, 2.45) is 0 Å². The predicted molar refractivity (Wildman–Crippen MR) is 90.4 cm³/mol. The lowest BCUT2D eigenvalue weighted by Gasteiger charge is -2.08. The van der Waals surface area contributed by atoms with Crippen LogP contribution in [0.25, 0.3) is 0 Å². The van der Waals surface area contributed by atoms with Crippen molar-refractivity contribution in [3.05, 3.63) is 59.7 Å². The first-order chi connectivity index (χ1) is 10.6. The van der Waals surface area contributed by atoms with Crippen LogP contribution in [-0.2, 0) is 4.79 Å². The number of benzene rings is 2. The molecular formula is C17H18N2O2S. The number of rotatable bonds is 5. The second-order valence-electron chi connectivity index (χ2n) is 4.76. The molecule has 2 N–H and O–H groups in total. The first kappa shape index (κ1) is 16.1. The number of thioether (sulfide) groups is 1. The summed E-state index contributed by atoms with van der Waals surface area (Å²) in [5.74, 6) is 0.0578. The lowest BCUT2D eigenvalue weighted by molar-refractivity contribution is -0.113. The fourth-order valence-electron chi connectivity index (χ4n) is 1.94. The smallest absolute Gasteiger partial charge is 0.251 e.